The summed E-state index contributed by atoms with van der Waals surface area (Å²) in [6, 6.07) is 3.40. The van der Waals surface area contributed by atoms with E-state index in [1.54, 1.807) is 0 Å². The molecule has 12 heteroatoms. The first-order valence-corrected chi connectivity index (χ1v) is 9.33. The molecule has 0 aliphatic carbocycles. The second-order valence-corrected chi connectivity index (χ2v) is 6.79. The Morgan fingerprint density at radius 3 is 2.47 bits per heavy atom. The van der Waals surface area contributed by atoms with Crippen molar-refractivity contribution in [3.05, 3.63) is 63.6 Å². The second-order valence-electron chi connectivity index (χ2n) is 6.79. The van der Waals surface area contributed by atoms with Crippen LogP contribution in [0.4, 0.5) is 17.6 Å². The first kappa shape index (κ1) is 24.7. The Morgan fingerprint density at radius 1 is 1.22 bits per heavy atom. The first-order chi connectivity index (χ1) is 15.0. The fraction of sp³-hybridized carbons (Fsp3) is 0.350. The van der Waals surface area contributed by atoms with Crippen LogP contribution in [0.2, 0.25) is 0 Å². The number of ketones is 1. The maximum absolute atomic E-state index is 12.9. The van der Waals surface area contributed by atoms with E-state index in [2.05, 4.69) is 5.10 Å². The number of Topliss-reactive ketones (excluding diaryl/α,β-unsaturated/α-hetero) is 1. The monoisotopic (exact) mass is 457 g/mol. The largest absolute Gasteiger partial charge is 0.479 e. The lowest BCUT2D eigenvalue weighted by Crippen LogP contribution is -2.49. The van der Waals surface area contributed by atoms with E-state index in [0.717, 1.165) is 16.8 Å². The highest BCUT2D eigenvalue weighted by molar-refractivity contribution is 6.06. The number of carbonyl (C=O) groups is 3. The van der Waals surface area contributed by atoms with Crippen LogP contribution in [-0.2, 0) is 27.1 Å². The molecule has 1 heterocycles. The van der Waals surface area contributed by atoms with Gasteiger partial charge in [0, 0.05) is 11.8 Å². The summed E-state index contributed by atoms with van der Waals surface area (Å²) in [5, 5.41) is 14.8. The Labute approximate surface area is 178 Å². The van der Waals surface area contributed by atoms with Gasteiger partial charge >= 0.3 is 12.1 Å². The first-order valence-electron chi connectivity index (χ1n) is 9.33. The average Bonchev–Trinajstić information content (AvgIpc) is 2.74. The summed E-state index contributed by atoms with van der Waals surface area (Å²) in [6.07, 6.45) is -3.38. The van der Waals surface area contributed by atoms with Crippen molar-refractivity contribution in [2.75, 3.05) is 6.67 Å². The molecule has 0 bridgehead atoms. The second kappa shape index (κ2) is 10.2. The molecule has 2 unspecified atom stereocenters. The van der Waals surface area contributed by atoms with Gasteiger partial charge in [0.25, 0.3) is 5.56 Å². The lowest BCUT2D eigenvalue weighted by atomic mass is 9.96. The third-order valence-electron chi connectivity index (χ3n) is 4.62. The van der Waals surface area contributed by atoms with Crippen molar-refractivity contribution in [2.24, 2.45) is 0 Å². The zero-order valence-electron chi connectivity index (χ0n) is 16.7. The van der Waals surface area contributed by atoms with Gasteiger partial charge in [0.1, 0.15) is 0 Å². The number of nitrogens with zero attached hydrogens (tertiary/aromatic N) is 2. The maximum Gasteiger partial charge on any atom is 0.416 e. The number of aromatic nitrogens is 2. The molecular formula is C20H19F4N3O5. The predicted octanol–water partition coefficient (Wildman–Crippen LogP) is 1.91. The topological polar surface area (TPSA) is 118 Å². The normalized spacial score (nSPS) is 13.3. The van der Waals surface area contributed by atoms with Crippen molar-refractivity contribution in [1.29, 1.82) is 0 Å². The third-order valence-corrected chi connectivity index (χ3v) is 4.62. The fourth-order valence-corrected chi connectivity index (χ4v) is 3.01. The van der Waals surface area contributed by atoms with E-state index >= 15 is 0 Å². The molecule has 0 saturated carbocycles. The Morgan fingerprint density at radius 2 is 1.91 bits per heavy atom. The molecule has 2 atom stereocenters. The molecule has 2 N–H and O–H groups in total. The van der Waals surface area contributed by atoms with Crippen LogP contribution in [0.3, 0.4) is 0 Å². The number of aliphatic carboxylic acids is 1. The van der Waals surface area contributed by atoms with Gasteiger partial charge in [-0.25, -0.2) is 13.9 Å². The molecule has 1 amide bonds. The van der Waals surface area contributed by atoms with Crippen LogP contribution in [0.1, 0.15) is 36.0 Å². The highest BCUT2D eigenvalue weighted by Gasteiger charge is 2.32. The van der Waals surface area contributed by atoms with Crippen LogP contribution in [0.25, 0.3) is 0 Å². The zero-order chi connectivity index (χ0) is 24.1. The van der Waals surface area contributed by atoms with Crippen LogP contribution in [0.15, 0.2) is 41.3 Å². The van der Waals surface area contributed by atoms with E-state index in [0.29, 0.717) is 0 Å². The van der Waals surface area contributed by atoms with Crippen molar-refractivity contribution in [3.8, 4) is 0 Å². The standard InChI is InChI=1S/C20H19F4N3O5/c1-2-13(17(29)26-16(19(31)32)15(28)9-21)14-6-7-25-27(18(14)30)10-11-4-3-5-12(8-11)20(22,23)24/h3-8,13,16H,2,9-10H2,1H3,(H,26,29)(H,31,32). The molecule has 172 valence electrons. The van der Waals surface area contributed by atoms with Gasteiger partial charge in [0.2, 0.25) is 5.91 Å². The van der Waals surface area contributed by atoms with Gasteiger partial charge in [-0.05, 0) is 30.2 Å². The number of halogens is 4. The molecule has 0 spiro atoms. The van der Waals surface area contributed by atoms with Crippen molar-refractivity contribution in [3.63, 3.8) is 0 Å². The van der Waals surface area contributed by atoms with Crippen molar-refractivity contribution in [2.45, 2.75) is 38.0 Å². The highest BCUT2D eigenvalue weighted by atomic mass is 19.4. The van der Waals surface area contributed by atoms with Gasteiger partial charge in [0.05, 0.1) is 18.0 Å². The molecule has 8 nitrogen and oxygen atoms in total. The molecule has 0 fully saturated rings. The van der Waals surface area contributed by atoms with Crippen LogP contribution < -0.4 is 10.9 Å². The van der Waals surface area contributed by atoms with Gasteiger partial charge in [-0.3, -0.25) is 14.4 Å². The molecule has 0 radical (unpaired) electrons. The number of hydrogen-bond donors (Lipinski definition) is 2. The number of hydrogen-bond acceptors (Lipinski definition) is 5. The minimum Gasteiger partial charge on any atom is -0.479 e. The number of benzene rings is 1. The molecule has 0 saturated heterocycles. The Kier molecular flexibility index (Phi) is 7.84. The Bertz CT molecular complexity index is 1070. The third kappa shape index (κ3) is 5.77. The van der Waals surface area contributed by atoms with Crippen molar-refractivity contribution < 1.29 is 37.1 Å². The van der Waals surface area contributed by atoms with Gasteiger partial charge in [0.15, 0.2) is 18.5 Å². The number of carboxylic acids is 1. The van der Waals surface area contributed by atoms with Crippen LogP contribution in [0.5, 0.6) is 0 Å². The van der Waals surface area contributed by atoms with E-state index in [9.17, 15) is 36.7 Å². The summed E-state index contributed by atoms with van der Waals surface area (Å²) in [6.45, 7) is -0.395. The number of carbonyl (C=O) groups excluding carboxylic acids is 2. The van der Waals surface area contributed by atoms with Crippen molar-refractivity contribution >= 4 is 17.7 Å². The van der Waals surface area contributed by atoms with Gasteiger partial charge in [-0.2, -0.15) is 18.3 Å². The zero-order valence-corrected chi connectivity index (χ0v) is 16.7. The molecule has 32 heavy (non-hydrogen) atoms. The van der Waals surface area contributed by atoms with Crippen LogP contribution >= 0.6 is 0 Å². The van der Waals surface area contributed by atoms with Gasteiger partial charge in [-0.15, -0.1) is 0 Å². The smallest absolute Gasteiger partial charge is 0.416 e. The molecule has 1 aromatic carbocycles. The highest BCUT2D eigenvalue weighted by Crippen LogP contribution is 2.29. The van der Waals surface area contributed by atoms with E-state index in [4.69, 9.17) is 5.11 Å². The van der Waals surface area contributed by atoms with E-state index in [-0.39, 0.29) is 24.1 Å². The SMILES string of the molecule is CCC(C(=O)NC(C(=O)O)C(=O)CF)c1ccnn(Cc2cccc(C(F)(F)F)c2)c1=O. The predicted molar refractivity (Wildman–Crippen MR) is 103 cm³/mol. The lowest BCUT2D eigenvalue weighted by molar-refractivity contribution is -0.146. The lowest BCUT2D eigenvalue weighted by Gasteiger charge is -2.18. The van der Waals surface area contributed by atoms with Crippen LogP contribution in [0, 0.1) is 0 Å². The molecular weight excluding hydrogens is 438 g/mol. The molecule has 1 aromatic heterocycles. The van der Waals surface area contributed by atoms with Crippen molar-refractivity contribution in [1.82, 2.24) is 15.1 Å². The fourth-order valence-electron chi connectivity index (χ4n) is 3.01. The number of amides is 1. The number of carboxylic acid groups (broad SMARTS) is 1. The molecule has 2 rings (SSSR count). The number of rotatable bonds is 9. The Hall–Kier alpha value is -3.57. The summed E-state index contributed by atoms with van der Waals surface area (Å²) >= 11 is 0. The van der Waals surface area contributed by atoms with E-state index in [1.807, 2.05) is 5.32 Å². The minimum atomic E-state index is -4.57. The summed E-state index contributed by atoms with van der Waals surface area (Å²) in [5.41, 5.74) is -1.65. The maximum atomic E-state index is 12.9. The number of alkyl halides is 4. The number of nitrogens with one attached hydrogen (secondary N) is 1. The molecule has 0 aliphatic rings. The molecule has 0 aliphatic heterocycles. The van der Waals surface area contributed by atoms with Crippen LogP contribution in [-0.4, -0.2) is 45.3 Å². The molecule has 2 aromatic rings. The average molecular weight is 457 g/mol. The van der Waals surface area contributed by atoms with E-state index in [1.165, 1.54) is 31.3 Å². The van der Waals surface area contributed by atoms with E-state index < -0.39 is 53.6 Å². The summed E-state index contributed by atoms with van der Waals surface area (Å²) in [4.78, 5) is 47.9. The van der Waals surface area contributed by atoms with Gasteiger partial charge < -0.3 is 10.4 Å². The summed E-state index contributed by atoms with van der Waals surface area (Å²) in [7, 11) is 0. The summed E-state index contributed by atoms with van der Waals surface area (Å²) < 4.78 is 52.2. The quantitative estimate of drug-likeness (QED) is 0.439. The summed E-state index contributed by atoms with van der Waals surface area (Å²) in [5.74, 6) is -5.31. The minimum absolute atomic E-state index is 0.0187. The Balaban J connectivity index is 2.34. The van der Waals surface area contributed by atoms with Gasteiger partial charge in [-0.1, -0.05) is 19.1 Å².